The summed E-state index contributed by atoms with van der Waals surface area (Å²) in [5.74, 6) is 0. The second-order valence-corrected chi connectivity index (χ2v) is 4.75. The van der Waals surface area contributed by atoms with Crippen molar-refractivity contribution in [1.29, 1.82) is 0 Å². The molecule has 0 unspecified atom stereocenters. The lowest BCUT2D eigenvalue weighted by Crippen LogP contribution is -2.37. The molecule has 0 aromatic heterocycles. The van der Waals surface area contributed by atoms with E-state index in [1.807, 2.05) is 7.11 Å². The third-order valence-electron chi connectivity index (χ3n) is 3.25. The summed E-state index contributed by atoms with van der Waals surface area (Å²) in [6.07, 6.45) is 2.72. The van der Waals surface area contributed by atoms with Gasteiger partial charge in [0.05, 0.1) is 6.10 Å². The molecular formula is C13H18BrNO. The van der Waals surface area contributed by atoms with Gasteiger partial charge in [-0.15, -0.1) is 0 Å². The molecule has 1 saturated heterocycles. The summed E-state index contributed by atoms with van der Waals surface area (Å²) in [6, 6.07) is 8.61. The number of methoxy groups -OCH3 is 1. The number of ether oxygens (including phenoxy) is 1. The lowest BCUT2D eigenvalue weighted by molar-refractivity contribution is 0.0819. The fraction of sp³-hybridized carbons (Fsp3) is 0.538. The quantitative estimate of drug-likeness (QED) is 0.790. The molecular weight excluding hydrogens is 266 g/mol. The summed E-state index contributed by atoms with van der Waals surface area (Å²) in [7, 11) is 1.81. The van der Waals surface area contributed by atoms with E-state index in [1.165, 1.54) is 11.3 Å². The van der Waals surface area contributed by atoms with Crippen molar-refractivity contribution < 1.29 is 4.74 Å². The maximum atomic E-state index is 5.40. The molecule has 16 heavy (non-hydrogen) atoms. The third-order valence-corrected chi connectivity index (χ3v) is 3.86. The molecule has 0 amide bonds. The van der Waals surface area contributed by atoms with E-state index in [0.29, 0.717) is 6.10 Å². The van der Waals surface area contributed by atoms with Crippen molar-refractivity contribution in [3.05, 3.63) is 29.8 Å². The number of rotatable bonds is 3. The minimum absolute atomic E-state index is 0.451. The third kappa shape index (κ3) is 2.58. The highest BCUT2D eigenvalue weighted by molar-refractivity contribution is 9.08. The van der Waals surface area contributed by atoms with Gasteiger partial charge in [-0.25, -0.2) is 0 Å². The van der Waals surface area contributed by atoms with E-state index >= 15 is 0 Å². The van der Waals surface area contributed by atoms with Crippen LogP contribution in [-0.4, -0.2) is 26.3 Å². The van der Waals surface area contributed by atoms with Crippen molar-refractivity contribution in [3.63, 3.8) is 0 Å². The Labute approximate surface area is 106 Å². The predicted molar refractivity (Wildman–Crippen MR) is 71.3 cm³/mol. The van der Waals surface area contributed by atoms with Gasteiger partial charge in [-0.3, -0.25) is 0 Å². The highest BCUT2D eigenvalue weighted by atomic mass is 79.9. The zero-order valence-electron chi connectivity index (χ0n) is 9.66. The van der Waals surface area contributed by atoms with Gasteiger partial charge < -0.3 is 9.64 Å². The van der Waals surface area contributed by atoms with Crippen LogP contribution < -0.4 is 4.90 Å². The second-order valence-electron chi connectivity index (χ2n) is 4.18. The van der Waals surface area contributed by atoms with Gasteiger partial charge in [-0.1, -0.05) is 34.1 Å². The minimum atomic E-state index is 0.451. The predicted octanol–water partition coefficient (Wildman–Crippen LogP) is 3.20. The second kappa shape index (κ2) is 5.69. The zero-order chi connectivity index (χ0) is 11.4. The summed E-state index contributed by atoms with van der Waals surface area (Å²) < 4.78 is 5.40. The van der Waals surface area contributed by atoms with Gasteiger partial charge >= 0.3 is 0 Å². The molecule has 0 atom stereocenters. The summed E-state index contributed by atoms with van der Waals surface area (Å²) in [4.78, 5) is 2.46. The molecule has 0 saturated carbocycles. The van der Waals surface area contributed by atoms with Crippen LogP contribution >= 0.6 is 15.9 Å². The highest BCUT2D eigenvalue weighted by Crippen LogP contribution is 2.26. The first-order valence-electron chi connectivity index (χ1n) is 5.76. The average Bonchev–Trinajstić information content (AvgIpc) is 2.39. The number of hydrogen-bond donors (Lipinski definition) is 0. The molecule has 1 aliphatic rings. The van der Waals surface area contributed by atoms with Crippen LogP contribution in [0.4, 0.5) is 5.69 Å². The van der Waals surface area contributed by atoms with Gasteiger partial charge in [0.2, 0.25) is 0 Å². The van der Waals surface area contributed by atoms with Crippen molar-refractivity contribution >= 4 is 21.6 Å². The summed E-state index contributed by atoms with van der Waals surface area (Å²) in [6.45, 7) is 2.20. The molecule has 1 aliphatic heterocycles. The Hall–Kier alpha value is -0.540. The number of hydrogen-bond acceptors (Lipinski definition) is 2. The number of nitrogens with zero attached hydrogens (tertiary/aromatic N) is 1. The smallest absolute Gasteiger partial charge is 0.0605 e. The van der Waals surface area contributed by atoms with Crippen LogP contribution in [0, 0.1) is 0 Å². The van der Waals surface area contributed by atoms with Crippen LogP contribution in [0.2, 0.25) is 0 Å². The minimum Gasteiger partial charge on any atom is -0.381 e. The molecule has 1 aromatic carbocycles. The normalized spacial score (nSPS) is 17.8. The molecule has 1 heterocycles. The van der Waals surface area contributed by atoms with E-state index in [1.54, 1.807) is 0 Å². The molecule has 0 spiro atoms. The van der Waals surface area contributed by atoms with Crippen molar-refractivity contribution in [1.82, 2.24) is 0 Å². The number of benzene rings is 1. The van der Waals surface area contributed by atoms with Crippen LogP contribution in [-0.2, 0) is 10.1 Å². The molecule has 88 valence electrons. The molecule has 2 nitrogen and oxygen atoms in total. The summed E-state index contributed by atoms with van der Waals surface area (Å²) in [5.41, 5.74) is 2.74. The van der Waals surface area contributed by atoms with E-state index < -0.39 is 0 Å². The van der Waals surface area contributed by atoms with E-state index in [2.05, 4.69) is 45.1 Å². The van der Waals surface area contributed by atoms with Gasteiger partial charge in [-0.05, 0) is 24.5 Å². The van der Waals surface area contributed by atoms with Crippen molar-refractivity contribution in [2.75, 3.05) is 25.1 Å². The van der Waals surface area contributed by atoms with Gasteiger partial charge in [0.15, 0.2) is 0 Å². The van der Waals surface area contributed by atoms with Crippen molar-refractivity contribution in [2.24, 2.45) is 0 Å². The topological polar surface area (TPSA) is 12.5 Å². The lowest BCUT2D eigenvalue weighted by Gasteiger charge is -2.34. The van der Waals surface area contributed by atoms with Gasteiger partial charge in [0.1, 0.15) is 0 Å². The molecule has 3 heteroatoms. The summed E-state index contributed by atoms with van der Waals surface area (Å²) >= 11 is 3.55. The lowest BCUT2D eigenvalue weighted by atomic mass is 10.1. The fourth-order valence-corrected chi connectivity index (χ4v) is 2.74. The van der Waals surface area contributed by atoms with Gasteiger partial charge in [0, 0.05) is 31.2 Å². The Morgan fingerprint density at radius 1 is 1.31 bits per heavy atom. The monoisotopic (exact) mass is 283 g/mol. The average molecular weight is 284 g/mol. The van der Waals surface area contributed by atoms with E-state index in [9.17, 15) is 0 Å². The number of anilines is 1. The molecule has 0 radical (unpaired) electrons. The van der Waals surface area contributed by atoms with Crippen LogP contribution in [0.5, 0.6) is 0 Å². The first kappa shape index (κ1) is 11.9. The summed E-state index contributed by atoms with van der Waals surface area (Å²) in [5, 5.41) is 0.924. The number of halogens is 1. The SMILES string of the molecule is COC1CCN(c2ccccc2CBr)CC1. The molecule has 2 rings (SSSR count). The Bertz CT molecular complexity index is 334. The molecule has 1 aromatic rings. The Morgan fingerprint density at radius 2 is 2.00 bits per heavy atom. The van der Waals surface area contributed by atoms with E-state index in [-0.39, 0.29) is 0 Å². The van der Waals surface area contributed by atoms with Crippen LogP contribution in [0.1, 0.15) is 18.4 Å². The van der Waals surface area contributed by atoms with E-state index in [0.717, 1.165) is 31.3 Å². The molecule has 0 N–H and O–H groups in total. The maximum absolute atomic E-state index is 5.40. The Balaban J connectivity index is 2.07. The first-order valence-corrected chi connectivity index (χ1v) is 6.89. The maximum Gasteiger partial charge on any atom is 0.0605 e. The van der Waals surface area contributed by atoms with Crippen molar-refractivity contribution in [2.45, 2.75) is 24.3 Å². The molecule has 0 bridgehead atoms. The molecule has 0 aliphatic carbocycles. The van der Waals surface area contributed by atoms with E-state index in [4.69, 9.17) is 4.74 Å². The van der Waals surface area contributed by atoms with Crippen LogP contribution in [0.25, 0.3) is 0 Å². The molecule has 1 fully saturated rings. The number of alkyl halides is 1. The largest absolute Gasteiger partial charge is 0.381 e. The Morgan fingerprint density at radius 3 is 2.62 bits per heavy atom. The van der Waals surface area contributed by atoms with Crippen LogP contribution in [0.15, 0.2) is 24.3 Å². The van der Waals surface area contributed by atoms with Gasteiger partial charge in [0.25, 0.3) is 0 Å². The van der Waals surface area contributed by atoms with Crippen LogP contribution in [0.3, 0.4) is 0 Å². The highest BCUT2D eigenvalue weighted by Gasteiger charge is 2.19. The fourth-order valence-electron chi connectivity index (χ4n) is 2.26. The standard InChI is InChI=1S/C13H18BrNO/c1-16-12-6-8-15(9-7-12)13-5-3-2-4-11(13)10-14/h2-5,12H,6-10H2,1H3. The van der Waals surface area contributed by atoms with Crippen molar-refractivity contribution in [3.8, 4) is 0 Å². The number of piperidine rings is 1. The first-order chi connectivity index (χ1) is 7.85. The van der Waals surface area contributed by atoms with Gasteiger partial charge in [-0.2, -0.15) is 0 Å². The zero-order valence-corrected chi connectivity index (χ0v) is 11.2. The Kier molecular flexibility index (Phi) is 4.24. The number of para-hydroxylation sites is 1.